The zero-order valence-electron chi connectivity index (χ0n) is 11.6. The van der Waals surface area contributed by atoms with E-state index in [0.717, 1.165) is 5.56 Å². The molecule has 1 aromatic heterocycles. The molecule has 0 spiro atoms. The van der Waals surface area contributed by atoms with Crippen molar-refractivity contribution >= 4 is 17.0 Å². The van der Waals surface area contributed by atoms with Crippen LogP contribution in [0.3, 0.4) is 0 Å². The minimum atomic E-state index is -1.05. The van der Waals surface area contributed by atoms with Crippen LogP contribution >= 0.6 is 0 Å². The van der Waals surface area contributed by atoms with Crippen LogP contribution in [-0.4, -0.2) is 20.6 Å². The lowest BCUT2D eigenvalue weighted by Crippen LogP contribution is -2.03. The smallest absolute Gasteiger partial charge is 0.337 e. The summed E-state index contributed by atoms with van der Waals surface area (Å²) in [7, 11) is 0. The first-order chi connectivity index (χ1) is 10.0. The van der Waals surface area contributed by atoms with Crippen LogP contribution in [0.25, 0.3) is 16.7 Å². The second kappa shape index (κ2) is 4.70. The SMILES string of the molecule is Cc1cccc(F)c1-n1c(C)nc2c(C(=O)O)cccc21. The molecule has 3 rings (SSSR count). The Balaban J connectivity index is 2.42. The topological polar surface area (TPSA) is 55.1 Å². The van der Waals surface area contributed by atoms with Crippen LogP contribution in [0.1, 0.15) is 21.7 Å². The summed E-state index contributed by atoms with van der Waals surface area (Å²) in [6.45, 7) is 3.54. The Morgan fingerprint density at radius 1 is 1.19 bits per heavy atom. The third-order valence-corrected chi connectivity index (χ3v) is 3.50. The number of carboxylic acids is 1. The lowest BCUT2D eigenvalue weighted by atomic mass is 10.1. The number of aromatic carboxylic acids is 1. The number of nitrogens with zero attached hydrogens (tertiary/aromatic N) is 2. The van der Waals surface area contributed by atoms with Crippen LogP contribution in [0, 0.1) is 19.7 Å². The van der Waals surface area contributed by atoms with Gasteiger partial charge in [-0.3, -0.25) is 4.57 Å². The van der Waals surface area contributed by atoms with Crippen molar-refractivity contribution in [1.29, 1.82) is 0 Å². The molecular weight excluding hydrogens is 271 g/mol. The summed E-state index contributed by atoms with van der Waals surface area (Å²) in [4.78, 5) is 15.6. The first-order valence-corrected chi connectivity index (χ1v) is 6.47. The van der Waals surface area contributed by atoms with Crippen LogP contribution in [0.15, 0.2) is 36.4 Å². The van der Waals surface area contributed by atoms with E-state index in [1.54, 1.807) is 29.7 Å². The van der Waals surface area contributed by atoms with Crippen LogP contribution in [-0.2, 0) is 0 Å². The van der Waals surface area contributed by atoms with Crippen molar-refractivity contribution in [2.75, 3.05) is 0 Å². The van der Waals surface area contributed by atoms with E-state index in [0.29, 0.717) is 22.5 Å². The van der Waals surface area contributed by atoms with Gasteiger partial charge in [-0.15, -0.1) is 0 Å². The van der Waals surface area contributed by atoms with Crippen molar-refractivity contribution in [3.63, 3.8) is 0 Å². The van der Waals surface area contributed by atoms with Gasteiger partial charge < -0.3 is 5.11 Å². The highest BCUT2D eigenvalue weighted by atomic mass is 19.1. The van der Waals surface area contributed by atoms with E-state index in [1.807, 2.05) is 13.0 Å². The average molecular weight is 284 g/mol. The van der Waals surface area contributed by atoms with E-state index in [9.17, 15) is 14.3 Å². The molecular formula is C16H13FN2O2. The van der Waals surface area contributed by atoms with Crippen LogP contribution in [0.5, 0.6) is 0 Å². The van der Waals surface area contributed by atoms with Gasteiger partial charge in [-0.25, -0.2) is 14.2 Å². The third-order valence-electron chi connectivity index (χ3n) is 3.50. The van der Waals surface area contributed by atoms with Gasteiger partial charge in [0.15, 0.2) is 0 Å². The van der Waals surface area contributed by atoms with Gasteiger partial charge in [0.2, 0.25) is 0 Å². The number of hydrogen-bond donors (Lipinski definition) is 1. The Hall–Kier alpha value is -2.69. The maximum atomic E-state index is 14.2. The molecule has 0 aliphatic rings. The summed E-state index contributed by atoms with van der Waals surface area (Å²) in [5.41, 5.74) is 2.23. The number of para-hydroxylation sites is 2. The molecule has 0 radical (unpaired) electrons. The van der Waals surface area contributed by atoms with Crippen molar-refractivity contribution in [2.45, 2.75) is 13.8 Å². The first-order valence-electron chi connectivity index (χ1n) is 6.47. The van der Waals surface area contributed by atoms with Gasteiger partial charge in [-0.2, -0.15) is 0 Å². The number of rotatable bonds is 2. The molecule has 5 heteroatoms. The summed E-state index contributed by atoms with van der Waals surface area (Å²) >= 11 is 0. The van der Waals surface area contributed by atoms with Crippen molar-refractivity contribution in [2.24, 2.45) is 0 Å². The van der Waals surface area contributed by atoms with E-state index in [4.69, 9.17) is 0 Å². The lowest BCUT2D eigenvalue weighted by molar-refractivity contribution is 0.0699. The number of halogens is 1. The van der Waals surface area contributed by atoms with Crippen molar-refractivity contribution in [3.8, 4) is 5.69 Å². The molecule has 106 valence electrons. The predicted octanol–water partition coefficient (Wildman–Crippen LogP) is 3.48. The van der Waals surface area contributed by atoms with Gasteiger partial charge in [-0.1, -0.05) is 18.2 Å². The Morgan fingerprint density at radius 3 is 2.57 bits per heavy atom. The summed E-state index contributed by atoms with van der Waals surface area (Å²) in [5.74, 6) is -0.861. The molecule has 3 aromatic rings. The maximum absolute atomic E-state index is 14.2. The highest BCUT2D eigenvalue weighted by Gasteiger charge is 2.18. The number of aromatic nitrogens is 2. The first kappa shape index (κ1) is 13.3. The van der Waals surface area contributed by atoms with E-state index >= 15 is 0 Å². The molecule has 0 bridgehead atoms. The number of aryl methyl sites for hydroxylation is 2. The van der Waals surface area contributed by atoms with Gasteiger partial charge in [0.05, 0.1) is 16.8 Å². The molecule has 0 saturated carbocycles. The molecule has 0 unspecified atom stereocenters. The zero-order valence-corrected chi connectivity index (χ0v) is 11.6. The normalized spacial score (nSPS) is 11.0. The highest BCUT2D eigenvalue weighted by Crippen LogP contribution is 2.27. The van der Waals surface area contributed by atoms with Crippen LogP contribution in [0.2, 0.25) is 0 Å². The number of carbonyl (C=O) groups is 1. The van der Waals surface area contributed by atoms with Gasteiger partial charge >= 0.3 is 5.97 Å². The second-order valence-electron chi connectivity index (χ2n) is 4.88. The number of hydrogen-bond acceptors (Lipinski definition) is 2. The maximum Gasteiger partial charge on any atom is 0.337 e. The van der Waals surface area contributed by atoms with Crippen molar-refractivity contribution < 1.29 is 14.3 Å². The molecule has 1 heterocycles. The number of carboxylic acid groups (broad SMARTS) is 1. The summed E-state index contributed by atoms with van der Waals surface area (Å²) in [5, 5.41) is 9.24. The molecule has 0 amide bonds. The van der Waals surface area contributed by atoms with Crippen molar-refractivity contribution in [3.05, 3.63) is 59.2 Å². The Bertz CT molecular complexity index is 848. The van der Waals surface area contributed by atoms with E-state index in [1.165, 1.54) is 12.1 Å². The van der Waals surface area contributed by atoms with Crippen LogP contribution in [0.4, 0.5) is 4.39 Å². The Morgan fingerprint density at radius 2 is 1.90 bits per heavy atom. The molecule has 2 aromatic carbocycles. The quantitative estimate of drug-likeness (QED) is 0.783. The van der Waals surface area contributed by atoms with Crippen LogP contribution < -0.4 is 0 Å². The molecule has 0 fully saturated rings. The molecule has 21 heavy (non-hydrogen) atoms. The van der Waals surface area contributed by atoms with E-state index in [-0.39, 0.29) is 11.4 Å². The van der Waals surface area contributed by atoms with Gasteiger partial charge in [0.25, 0.3) is 0 Å². The molecule has 0 saturated heterocycles. The summed E-state index contributed by atoms with van der Waals surface area (Å²) in [6.07, 6.45) is 0. The second-order valence-corrected chi connectivity index (χ2v) is 4.88. The molecule has 4 nitrogen and oxygen atoms in total. The summed E-state index contributed by atoms with van der Waals surface area (Å²) < 4.78 is 15.9. The highest BCUT2D eigenvalue weighted by molar-refractivity contribution is 6.01. The molecule has 0 aliphatic carbocycles. The number of imidazole rings is 1. The fourth-order valence-corrected chi connectivity index (χ4v) is 2.58. The zero-order chi connectivity index (χ0) is 15.1. The third kappa shape index (κ3) is 1.98. The summed E-state index contributed by atoms with van der Waals surface area (Å²) in [6, 6.07) is 9.72. The van der Waals surface area contributed by atoms with E-state index < -0.39 is 5.97 Å². The Kier molecular flexibility index (Phi) is 2.97. The fourth-order valence-electron chi connectivity index (χ4n) is 2.58. The molecule has 1 N–H and O–H groups in total. The van der Waals surface area contributed by atoms with E-state index in [2.05, 4.69) is 4.98 Å². The number of benzene rings is 2. The van der Waals surface area contributed by atoms with Crippen molar-refractivity contribution in [1.82, 2.24) is 9.55 Å². The minimum Gasteiger partial charge on any atom is -0.478 e. The van der Waals surface area contributed by atoms with Gasteiger partial charge in [-0.05, 0) is 37.6 Å². The molecule has 0 atom stereocenters. The number of fused-ring (bicyclic) bond motifs is 1. The fraction of sp³-hybridized carbons (Fsp3) is 0.125. The largest absolute Gasteiger partial charge is 0.478 e. The predicted molar refractivity (Wildman–Crippen MR) is 77.5 cm³/mol. The monoisotopic (exact) mass is 284 g/mol. The minimum absolute atomic E-state index is 0.114. The van der Waals surface area contributed by atoms with Gasteiger partial charge in [0.1, 0.15) is 17.2 Å². The average Bonchev–Trinajstić information content (AvgIpc) is 2.75. The Labute approximate surface area is 120 Å². The molecule has 0 aliphatic heterocycles. The standard InChI is InChI=1S/C16H13FN2O2/c1-9-5-3-7-12(17)15(9)19-10(2)18-14-11(16(20)21)6-4-8-13(14)19/h3-8H,1-2H3,(H,20,21). The van der Waals surface area contributed by atoms with Gasteiger partial charge in [0, 0.05) is 0 Å². The lowest BCUT2D eigenvalue weighted by Gasteiger charge is -2.11.